The summed E-state index contributed by atoms with van der Waals surface area (Å²) >= 11 is 1.64. The SMILES string of the molecule is NC(=O)[C@@]1(Cc2ccccc2)CS1. The molecule has 0 aliphatic carbocycles. The van der Waals surface area contributed by atoms with Crippen LogP contribution in [0.4, 0.5) is 0 Å². The van der Waals surface area contributed by atoms with E-state index >= 15 is 0 Å². The van der Waals surface area contributed by atoms with Crippen molar-refractivity contribution in [3.05, 3.63) is 35.9 Å². The van der Waals surface area contributed by atoms with Crippen molar-refractivity contribution in [3.63, 3.8) is 0 Å². The van der Waals surface area contributed by atoms with Crippen LogP contribution >= 0.6 is 11.8 Å². The Labute approximate surface area is 81.5 Å². The van der Waals surface area contributed by atoms with E-state index in [4.69, 9.17) is 5.73 Å². The van der Waals surface area contributed by atoms with Gasteiger partial charge in [0, 0.05) is 5.75 Å². The fourth-order valence-electron chi connectivity index (χ4n) is 1.34. The van der Waals surface area contributed by atoms with Crippen molar-refractivity contribution >= 4 is 17.7 Å². The Kier molecular flexibility index (Phi) is 2.04. The predicted octanol–water partition coefficient (Wildman–Crippen LogP) is 1.20. The van der Waals surface area contributed by atoms with Gasteiger partial charge in [0.05, 0.1) is 0 Å². The molecule has 2 rings (SSSR count). The Morgan fingerprint density at radius 2 is 2.08 bits per heavy atom. The molecule has 1 atom stereocenters. The summed E-state index contributed by atoms with van der Waals surface area (Å²) in [6.07, 6.45) is 0.772. The molecular weight excluding hydrogens is 182 g/mol. The van der Waals surface area contributed by atoms with Crippen molar-refractivity contribution in [1.29, 1.82) is 0 Å². The largest absolute Gasteiger partial charge is 0.368 e. The van der Waals surface area contributed by atoms with Crippen LogP contribution in [0.3, 0.4) is 0 Å². The molecule has 0 bridgehead atoms. The summed E-state index contributed by atoms with van der Waals surface area (Å²) in [4.78, 5) is 11.1. The van der Waals surface area contributed by atoms with E-state index in [0.717, 1.165) is 12.2 Å². The maximum absolute atomic E-state index is 11.1. The number of primary amides is 1. The lowest BCUT2D eigenvalue weighted by atomic mass is 10.0. The molecule has 1 saturated heterocycles. The first-order chi connectivity index (χ1) is 6.23. The highest BCUT2D eigenvalue weighted by molar-refractivity contribution is 8.08. The van der Waals surface area contributed by atoms with Gasteiger partial charge >= 0.3 is 0 Å². The summed E-state index contributed by atoms with van der Waals surface area (Å²) in [5, 5.41) is 0. The quantitative estimate of drug-likeness (QED) is 0.733. The molecule has 13 heavy (non-hydrogen) atoms. The Morgan fingerprint density at radius 3 is 2.54 bits per heavy atom. The van der Waals surface area contributed by atoms with Crippen molar-refractivity contribution in [1.82, 2.24) is 0 Å². The van der Waals surface area contributed by atoms with Crippen LogP contribution in [0, 0.1) is 0 Å². The molecule has 0 saturated carbocycles. The van der Waals surface area contributed by atoms with Gasteiger partial charge in [-0.15, -0.1) is 11.8 Å². The molecule has 0 aromatic heterocycles. The van der Waals surface area contributed by atoms with E-state index in [0.29, 0.717) is 0 Å². The number of rotatable bonds is 3. The fourth-order valence-corrected chi connectivity index (χ4v) is 2.17. The monoisotopic (exact) mass is 193 g/mol. The molecule has 1 aliphatic rings. The Balaban J connectivity index is 2.11. The summed E-state index contributed by atoms with van der Waals surface area (Å²) in [6, 6.07) is 10.0. The van der Waals surface area contributed by atoms with Crippen molar-refractivity contribution in [2.24, 2.45) is 5.73 Å². The van der Waals surface area contributed by atoms with Crippen LogP contribution < -0.4 is 5.73 Å². The average molecular weight is 193 g/mol. The normalized spacial score (nSPS) is 25.5. The van der Waals surface area contributed by atoms with Crippen LogP contribution in [-0.2, 0) is 11.2 Å². The van der Waals surface area contributed by atoms with Crippen molar-refractivity contribution < 1.29 is 4.79 Å². The number of benzene rings is 1. The maximum atomic E-state index is 11.1. The minimum atomic E-state index is -0.290. The number of nitrogens with two attached hydrogens (primary N) is 1. The molecule has 1 amide bonds. The van der Waals surface area contributed by atoms with Crippen LogP contribution in [0.25, 0.3) is 0 Å². The lowest BCUT2D eigenvalue weighted by Crippen LogP contribution is -2.32. The molecule has 3 heteroatoms. The van der Waals surface area contributed by atoms with E-state index in [-0.39, 0.29) is 10.7 Å². The highest BCUT2D eigenvalue weighted by Crippen LogP contribution is 2.46. The molecular formula is C10H11NOS. The van der Waals surface area contributed by atoms with Gasteiger partial charge in [-0.2, -0.15) is 0 Å². The number of amides is 1. The molecule has 68 valence electrons. The predicted molar refractivity (Wildman–Crippen MR) is 54.5 cm³/mol. The maximum Gasteiger partial charge on any atom is 0.234 e. The summed E-state index contributed by atoms with van der Waals surface area (Å²) < 4.78 is -0.290. The van der Waals surface area contributed by atoms with E-state index in [9.17, 15) is 4.79 Å². The second kappa shape index (κ2) is 3.07. The highest BCUT2D eigenvalue weighted by Gasteiger charge is 2.49. The van der Waals surface area contributed by atoms with Gasteiger partial charge in [-0.1, -0.05) is 30.3 Å². The van der Waals surface area contributed by atoms with Gasteiger partial charge < -0.3 is 5.73 Å². The van der Waals surface area contributed by atoms with Gasteiger partial charge in [-0.25, -0.2) is 0 Å². The molecule has 1 aliphatic heterocycles. The summed E-state index contributed by atoms with van der Waals surface area (Å²) in [5.41, 5.74) is 6.51. The molecule has 2 nitrogen and oxygen atoms in total. The van der Waals surface area contributed by atoms with Crippen LogP contribution in [-0.4, -0.2) is 16.4 Å². The second-order valence-electron chi connectivity index (χ2n) is 3.31. The number of hydrogen-bond donors (Lipinski definition) is 1. The highest BCUT2D eigenvalue weighted by atomic mass is 32.2. The smallest absolute Gasteiger partial charge is 0.234 e. The number of thioether (sulfide) groups is 1. The van der Waals surface area contributed by atoms with E-state index in [1.54, 1.807) is 11.8 Å². The first-order valence-corrected chi connectivity index (χ1v) is 5.19. The zero-order chi connectivity index (χ0) is 9.31. The zero-order valence-corrected chi connectivity index (χ0v) is 8.01. The summed E-state index contributed by atoms with van der Waals surface area (Å²) in [6.45, 7) is 0. The number of carbonyl (C=O) groups is 1. The minimum absolute atomic E-state index is 0.179. The number of carbonyl (C=O) groups excluding carboxylic acids is 1. The zero-order valence-electron chi connectivity index (χ0n) is 7.19. The van der Waals surface area contributed by atoms with Crippen molar-refractivity contribution in [2.75, 3.05) is 5.75 Å². The molecule has 0 unspecified atom stereocenters. The molecule has 1 aromatic rings. The average Bonchev–Trinajstić information content (AvgIpc) is 2.87. The van der Waals surface area contributed by atoms with Gasteiger partial charge in [0.1, 0.15) is 4.75 Å². The molecule has 1 aromatic carbocycles. The van der Waals surface area contributed by atoms with E-state index in [1.807, 2.05) is 30.3 Å². The van der Waals surface area contributed by atoms with E-state index in [2.05, 4.69) is 0 Å². The van der Waals surface area contributed by atoms with Crippen molar-refractivity contribution in [3.8, 4) is 0 Å². The lowest BCUT2D eigenvalue weighted by molar-refractivity contribution is -0.119. The molecule has 0 spiro atoms. The third kappa shape index (κ3) is 1.70. The molecule has 2 N–H and O–H groups in total. The molecule has 0 radical (unpaired) electrons. The summed E-state index contributed by atoms with van der Waals surface area (Å²) in [5.74, 6) is 0.693. The standard InChI is InChI=1S/C10H11NOS/c11-9(12)10(7-13-10)6-8-4-2-1-3-5-8/h1-5H,6-7H2,(H2,11,12)/t10-/m1/s1. The first-order valence-electron chi connectivity index (χ1n) is 4.21. The minimum Gasteiger partial charge on any atom is -0.368 e. The second-order valence-corrected chi connectivity index (χ2v) is 4.67. The first kappa shape index (κ1) is 8.63. The van der Waals surface area contributed by atoms with E-state index < -0.39 is 0 Å². The Morgan fingerprint density at radius 1 is 1.46 bits per heavy atom. The van der Waals surface area contributed by atoms with Crippen LogP contribution in [0.1, 0.15) is 5.56 Å². The Hall–Kier alpha value is -0.960. The lowest BCUT2D eigenvalue weighted by Gasteiger charge is -2.08. The third-order valence-corrected chi connectivity index (χ3v) is 3.61. The Bertz CT molecular complexity index is 319. The fraction of sp³-hybridized carbons (Fsp3) is 0.300. The molecule has 1 fully saturated rings. The summed E-state index contributed by atoms with van der Waals surface area (Å²) in [7, 11) is 0. The van der Waals surface area contributed by atoms with Gasteiger partial charge in [-0.05, 0) is 12.0 Å². The van der Waals surface area contributed by atoms with E-state index in [1.165, 1.54) is 5.56 Å². The third-order valence-electron chi connectivity index (χ3n) is 2.27. The van der Waals surface area contributed by atoms with Gasteiger partial charge in [-0.3, -0.25) is 4.79 Å². The number of hydrogen-bond acceptors (Lipinski definition) is 2. The van der Waals surface area contributed by atoms with Gasteiger partial charge in [0.15, 0.2) is 0 Å². The molecule has 1 heterocycles. The van der Waals surface area contributed by atoms with Gasteiger partial charge in [0.25, 0.3) is 0 Å². The topological polar surface area (TPSA) is 43.1 Å². The van der Waals surface area contributed by atoms with Crippen LogP contribution in [0.5, 0.6) is 0 Å². The van der Waals surface area contributed by atoms with Gasteiger partial charge in [0.2, 0.25) is 5.91 Å². The van der Waals surface area contributed by atoms with Crippen molar-refractivity contribution in [2.45, 2.75) is 11.2 Å². The van der Waals surface area contributed by atoms with Crippen LogP contribution in [0.2, 0.25) is 0 Å². The van der Waals surface area contributed by atoms with Crippen LogP contribution in [0.15, 0.2) is 30.3 Å².